The number of nitriles is 1. The van der Waals surface area contributed by atoms with E-state index in [4.69, 9.17) is 14.7 Å². The minimum absolute atomic E-state index is 0.331. The van der Waals surface area contributed by atoms with Crippen molar-refractivity contribution in [1.82, 2.24) is 0 Å². The van der Waals surface area contributed by atoms with Gasteiger partial charge in [0.25, 0.3) is 0 Å². The predicted octanol–water partition coefficient (Wildman–Crippen LogP) is 4.71. The van der Waals surface area contributed by atoms with E-state index in [9.17, 15) is 5.26 Å². The summed E-state index contributed by atoms with van der Waals surface area (Å²) < 4.78 is 11.3. The zero-order valence-electron chi connectivity index (χ0n) is 15.3. The fourth-order valence-electron chi connectivity index (χ4n) is 3.20. The summed E-state index contributed by atoms with van der Waals surface area (Å²) in [5.74, 6) is 2.27. The van der Waals surface area contributed by atoms with E-state index in [1.54, 1.807) is 14.0 Å². The molecule has 0 bridgehead atoms. The maximum absolute atomic E-state index is 9.72. The van der Waals surface area contributed by atoms with Crippen molar-refractivity contribution in [2.24, 2.45) is 5.92 Å². The number of benzene rings is 1. The summed E-state index contributed by atoms with van der Waals surface area (Å²) in [5, 5.41) is 17.1. The van der Waals surface area contributed by atoms with E-state index in [-0.39, 0.29) is 5.41 Å². The van der Waals surface area contributed by atoms with Crippen LogP contribution < -0.4 is 9.47 Å². The van der Waals surface area contributed by atoms with Crippen LogP contribution in [0.1, 0.15) is 57.4 Å². The molecule has 0 unspecified atom stereocenters. The molecule has 0 atom stereocenters. The van der Waals surface area contributed by atoms with Crippen LogP contribution in [0, 0.1) is 17.2 Å². The molecular formula is C20H29NO4. The summed E-state index contributed by atoms with van der Waals surface area (Å²) in [6, 6.07) is 8.61. The summed E-state index contributed by atoms with van der Waals surface area (Å²) in [7, 11) is 1.67. The number of ether oxygens (including phenoxy) is 2. The van der Waals surface area contributed by atoms with Gasteiger partial charge in [0, 0.05) is 0 Å². The summed E-state index contributed by atoms with van der Waals surface area (Å²) in [6.07, 6.45) is 7.96. The van der Waals surface area contributed by atoms with Crippen molar-refractivity contribution in [3.8, 4) is 17.6 Å². The Morgan fingerprint density at radius 1 is 1.20 bits per heavy atom. The Morgan fingerprint density at radius 2 is 1.88 bits per heavy atom. The first-order valence-corrected chi connectivity index (χ1v) is 9.18. The summed E-state index contributed by atoms with van der Waals surface area (Å²) >= 11 is 0. The molecule has 2 aliphatic rings. The Kier molecular flexibility index (Phi) is 7.54. The topological polar surface area (TPSA) is 71.7 Å². The number of hydrogen-bond donors (Lipinski definition) is 1. The van der Waals surface area contributed by atoms with E-state index >= 15 is 0 Å². The maximum Gasteiger partial charge on any atom is 0.161 e. The Labute approximate surface area is 150 Å². The van der Waals surface area contributed by atoms with Crippen molar-refractivity contribution in [2.75, 3.05) is 20.3 Å². The van der Waals surface area contributed by atoms with Crippen LogP contribution in [-0.4, -0.2) is 25.6 Å². The normalized spacial score (nSPS) is 18.5. The van der Waals surface area contributed by atoms with E-state index in [1.807, 2.05) is 18.2 Å². The number of nitrogens with zero attached hydrogens (tertiary/aromatic N) is 1. The molecule has 2 fully saturated rings. The quantitative estimate of drug-likeness (QED) is 0.596. The molecule has 138 valence electrons. The van der Waals surface area contributed by atoms with Crippen LogP contribution in [0.25, 0.3) is 0 Å². The highest BCUT2D eigenvalue weighted by Gasteiger charge is 2.34. The third-order valence-electron chi connectivity index (χ3n) is 4.94. The summed E-state index contributed by atoms with van der Waals surface area (Å²) in [5.41, 5.74) is 0.763. The fourth-order valence-corrected chi connectivity index (χ4v) is 3.20. The second kappa shape index (κ2) is 9.65. The number of hydrogen-bond acceptors (Lipinski definition) is 5. The smallest absolute Gasteiger partial charge is 0.161 e. The standard InChI is InChI=1S/C18H23NO2.C2H6O2/c1-20-16-8-7-15(11-17(16)21-12-14-5-6-14)18(13-19)9-3-2-4-10-18;1-2-4-3/h7-8,11,14H,2-6,9-10,12H2,1H3;3H,2H2,1H3. The van der Waals surface area contributed by atoms with E-state index in [1.165, 1.54) is 19.3 Å². The zero-order chi connectivity index (χ0) is 18.1. The summed E-state index contributed by atoms with van der Waals surface area (Å²) in [4.78, 5) is 3.54. The van der Waals surface area contributed by atoms with Gasteiger partial charge in [-0.15, -0.1) is 0 Å². The average molecular weight is 347 g/mol. The van der Waals surface area contributed by atoms with Crippen LogP contribution in [-0.2, 0) is 10.3 Å². The molecule has 25 heavy (non-hydrogen) atoms. The first kappa shape index (κ1) is 19.6. The highest BCUT2D eigenvalue weighted by atomic mass is 17.1. The van der Waals surface area contributed by atoms with Crippen LogP contribution in [0.2, 0.25) is 0 Å². The lowest BCUT2D eigenvalue weighted by molar-refractivity contribution is -0.237. The van der Waals surface area contributed by atoms with Gasteiger partial charge in [0.2, 0.25) is 0 Å². The van der Waals surface area contributed by atoms with Gasteiger partial charge in [-0.05, 0) is 56.2 Å². The fraction of sp³-hybridized carbons (Fsp3) is 0.650. The van der Waals surface area contributed by atoms with Gasteiger partial charge >= 0.3 is 0 Å². The first-order chi connectivity index (χ1) is 12.2. The van der Waals surface area contributed by atoms with E-state index in [0.717, 1.165) is 49.4 Å². The first-order valence-electron chi connectivity index (χ1n) is 9.18. The summed E-state index contributed by atoms with van der Waals surface area (Å²) in [6.45, 7) is 2.85. The van der Waals surface area contributed by atoms with Gasteiger partial charge in [0.15, 0.2) is 11.5 Å². The molecule has 0 spiro atoms. The van der Waals surface area contributed by atoms with Gasteiger partial charge in [-0.2, -0.15) is 5.26 Å². The van der Waals surface area contributed by atoms with Crippen LogP contribution in [0.4, 0.5) is 0 Å². The Bertz CT molecular complexity index is 570. The van der Waals surface area contributed by atoms with Crippen LogP contribution >= 0.6 is 0 Å². The number of rotatable bonds is 6. The van der Waals surface area contributed by atoms with Crippen molar-refractivity contribution in [3.63, 3.8) is 0 Å². The number of methoxy groups -OCH3 is 1. The average Bonchev–Trinajstić information content (AvgIpc) is 3.51. The molecule has 1 aromatic carbocycles. The van der Waals surface area contributed by atoms with Crippen molar-refractivity contribution in [2.45, 2.75) is 57.3 Å². The molecule has 2 saturated carbocycles. The van der Waals surface area contributed by atoms with Crippen molar-refractivity contribution in [3.05, 3.63) is 23.8 Å². The molecule has 0 saturated heterocycles. The maximum atomic E-state index is 9.72. The predicted molar refractivity (Wildman–Crippen MR) is 95.8 cm³/mol. The van der Waals surface area contributed by atoms with Gasteiger partial charge < -0.3 is 9.47 Å². The van der Waals surface area contributed by atoms with Crippen LogP contribution in [0.3, 0.4) is 0 Å². The molecule has 5 heteroatoms. The SMILES string of the molecule is CCOO.COc1ccc(C2(C#N)CCCCC2)cc1OCC1CC1. The van der Waals surface area contributed by atoms with E-state index in [0.29, 0.717) is 12.5 Å². The van der Waals surface area contributed by atoms with Gasteiger partial charge in [0.05, 0.1) is 31.8 Å². The molecule has 0 amide bonds. The van der Waals surface area contributed by atoms with Crippen LogP contribution in [0.15, 0.2) is 18.2 Å². The molecule has 1 aromatic rings. The Balaban J connectivity index is 0.000000511. The zero-order valence-corrected chi connectivity index (χ0v) is 15.3. The van der Waals surface area contributed by atoms with Gasteiger partial charge in [0.1, 0.15) is 0 Å². The lowest BCUT2D eigenvalue weighted by atomic mass is 9.70. The van der Waals surface area contributed by atoms with Gasteiger partial charge in [-0.1, -0.05) is 25.3 Å². The molecule has 0 heterocycles. The third-order valence-corrected chi connectivity index (χ3v) is 4.94. The van der Waals surface area contributed by atoms with Gasteiger partial charge in [-0.3, -0.25) is 5.26 Å². The molecule has 3 rings (SSSR count). The van der Waals surface area contributed by atoms with Crippen LogP contribution in [0.5, 0.6) is 11.5 Å². The largest absolute Gasteiger partial charge is 0.493 e. The van der Waals surface area contributed by atoms with E-state index in [2.05, 4.69) is 11.0 Å². The molecule has 0 aromatic heterocycles. The second-order valence-corrected chi connectivity index (χ2v) is 6.79. The monoisotopic (exact) mass is 347 g/mol. The molecular weight excluding hydrogens is 318 g/mol. The minimum atomic E-state index is -0.331. The molecule has 2 aliphatic carbocycles. The molecule has 0 aliphatic heterocycles. The highest BCUT2D eigenvalue weighted by molar-refractivity contribution is 5.47. The minimum Gasteiger partial charge on any atom is -0.493 e. The van der Waals surface area contributed by atoms with E-state index < -0.39 is 0 Å². The molecule has 1 N–H and O–H groups in total. The lowest BCUT2D eigenvalue weighted by Gasteiger charge is -2.31. The van der Waals surface area contributed by atoms with Crippen molar-refractivity contribution in [1.29, 1.82) is 5.26 Å². The van der Waals surface area contributed by atoms with Gasteiger partial charge in [-0.25, -0.2) is 4.89 Å². The third kappa shape index (κ3) is 5.35. The highest BCUT2D eigenvalue weighted by Crippen LogP contribution is 2.42. The Hall–Kier alpha value is -1.77. The van der Waals surface area contributed by atoms with Crippen molar-refractivity contribution >= 4 is 0 Å². The molecule has 5 nitrogen and oxygen atoms in total. The Morgan fingerprint density at radius 3 is 2.40 bits per heavy atom. The lowest BCUT2D eigenvalue weighted by Crippen LogP contribution is -2.27. The second-order valence-electron chi connectivity index (χ2n) is 6.79. The molecule has 0 radical (unpaired) electrons. The van der Waals surface area contributed by atoms with Crippen molar-refractivity contribution < 1.29 is 19.6 Å².